The molecule has 0 aromatic carbocycles. The van der Waals surface area contributed by atoms with E-state index in [2.05, 4.69) is 20.4 Å². The molecule has 0 bridgehead atoms. The molecule has 0 spiro atoms. The van der Waals surface area contributed by atoms with E-state index in [9.17, 15) is 9.59 Å². The molecule has 6 nitrogen and oxygen atoms in total. The monoisotopic (exact) mass is 335 g/mol. The number of aryl methyl sites for hydroxylation is 1. The summed E-state index contributed by atoms with van der Waals surface area (Å²) in [7, 11) is 1.40. The van der Waals surface area contributed by atoms with Gasteiger partial charge in [-0.1, -0.05) is 0 Å². The summed E-state index contributed by atoms with van der Waals surface area (Å²) >= 11 is 1.44. The average molecular weight is 335 g/mol. The summed E-state index contributed by atoms with van der Waals surface area (Å²) < 4.78 is 6.84. The zero-order valence-corrected chi connectivity index (χ0v) is 14.4. The Hall–Kier alpha value is -2.15. The van der Waals surface area contributed by atoms with Crippen molar-refractivity contribution >= 4 is 23.2 Å². The molecule has 0 aliphatic carbocycles. The SMILES string of the molecule is COC(=O)CCCn1c(C)cc(-c2csc(CC(N)=O)n2)c1C. The molecule has 7 heteroatoms. The Morgan fingerprint density at radius 1 is 1.39 bits per heavy atom. The zero-order valence-electron chi connectivity index (χ0n) is 13.6. The van der Waals surface area contributed by atoms with Crippen molar-refractivity contribution in [2.45, 2.75) is 39.7 Å². The Morgan fingerprint density at radius 2 is 2.13 bits per heavy atom. The van der Waals surface area contributed by atoms with Gasteiger partial charge in [0.1, 0.15) is 5.01 Å². The van der Waals surface area contributed by atoms with Crippen molar-refractivity contribution in [1.29, 1.82) is 0 Å². The molecule has 23 heavy (non-hydrogen) atoms. The second-order valence-corrected chi connectivity index (χ2v) is 6.33. The number of methoxy groups -OCH3 is 1. The molecule has 2 aromatic rings. The van der Waals surface area contributed by atoms with Gasteiger partial charge in [-0.15, -0.1) is 11.3 Å². The third kappa shape index (κ3) is 4.19. The fourth-order valence-electron chi connectivity index (χ4n) is 2.55. The van der Waals surface area contributed by atoms with Gasteiger partial charge in [-0.05, 0) is 26.3 Å². The van der Waals surface area contributed by atoms with Crippen LogP contribution in [0.1, 0.15) is 29.2 Å². The maximum Gasteiger partial charge on any atom is 0.305 e. The molecular weight excluding hydrogens is 314 g/mol. The molecule has 2 N–H and O–H groups in total. The fraction of sp³-hybridized carbons (Fsp3) is 0.438. The van der Waals surface area contributed by atoms with E-state index in [4.69, 9.17) is 5.73 Å². The van der Waals surface area contributed by atoms with Crippen LogP contribution in [0, 0.1) is 13.8 Å². The molecule has 2 rings (SSSR count). The van der Waals surface area contributed by atoms with Crippen LogP contribution >= 0.6 is 11.3 Å². The van der Waals surface area contributed by atoms with Gasteiger partial charge in [0, 0.05) is 35.3 Å². The van der Waals surface area contributed by atoms with E-state index in [-0.39, 0.29) is 18.3 Å². The summed E-state index contributed by atoms with van der Waals surface area (Å²) in [6.07, 6.45) is 1.30. The maximum absolute atomic E-state index is 11.2. The van der Waals surface area contributed by atoms with Gasteiger partial charge in [-0.3, -0.25) is 9.59 Å². The second-order valence-electron chi connectivity index (χ2n) is 5.39. The number of hydrogen-bond donors (Lipinski definition) is 1. The van der Waals surface area contributed by atoms with Gasteiger partial charge in [-0.2, -0.15) is 0 Å². The largest absolute Gasteiger partial charge is 0.469 e. The highest BCUT2D eigenvalue weighted by molar-refractivity contribution is 7.10. The number of aromatic nitrogens is 2. The number of carbonyl (C=O) groups is 2. The van der Waals surface area contributed by atoms with Gasteiger partial charge in [0.05, 0.1) is 19.2 Å². The van der Waals surface area contributed by atoms with Gasteiger partial charge < -0.3 is 15.0 Å². The van der Waals surface area contributed by atoms with E-state index >= 15 is 0 Å². The molecule has 0 unspecified atom stereocenters. The number of esters is 1. The van der Waals surface area contributed by atoms with Gasteiger partial charge in [0.15, 0.2) is 0 Å². The number of thiazole rings is 1. The number of primary amides is 1. The lowest BCUT2D eigenvalue weighted by molar-refractivity contribution is -0.140. The minimum atomic E-state index is -0.376. The molecule has 0 atom stereocenters. The highest BCUT2D eigenvalue weighted by atomic mass is 32.1. The molecule has 0 saturated carbocycles. The summed E-state index contributed by atoms with van der Waals surface area (Å²) in [6.45, 7) is 4.82. The van der Waals surface area contributed by atoms with Crippen molar-refractivity contribution in [3.8, 4) is 11.3 Å². The first-order valence-electron chi connectivity index (χ1n) is 7.39. The van der Waals surface area contributed by atoms with Crippen LogP contribution in [-0.4, -0.2) is 28.5 Å². The van der Waals surface area contributed by atoms with Crippen LogP contribution in [0.2, 0.25) is 0 Å². The van der Waals surface area contributed by atoms with E-state index in [1.807, 2.05) is 19.2 Å². The quantitative estimate of drug-likeness (QED) is 0.786. The normalized spacial score (nSPS) is 10.7. The Labute approximate surface area is 139 Å². The molecule has 2 aromatic heterocycles. The first-order valence-corrected chi connectivity index (χ1v) is 8.27. The van der Waals surface area contributed by atoms with Crippen LogP contribution < -0.4 is 5.73 Å². The number of ether oxygens (including phenoxy) is 1. The van der Waals surface area contributed by atoms with Gasteiger partial charge in [0.2, 0.25) is 5.91 Å². The molecular formula is C16H21N3O3S. The molecule has 2 heterocycles. The minimum Gasteiger partial charge on any atom is -0.469 e. The second kappa shape index (κ2) is 7.41. The molecule has 1 amide bonds. The van der Waals surface area contributed by atoms with Crippen molar-refractivity contribution in [2.75, 3.05) is 7.11 Å². The van der Waals surface area contributed by atoms with Gasteiger partial charge in [-0.25, -0.2) is 4.98 Å². The Balaban J connectivity index is 2.15. The number of nitrogens with two attached hydrogens (primary N) is 1. The average Bonchev–Trinajstić information content (AvgIpc) is 3.05. The Morgan fingerprint density at radius 3 is 2.78 bits per heavy atom. The Bertz CT molecular complexity index is 718. The number of rotatable bonds is 7. The summed E-state index contributed by atoms with van der Waals surface area (Å²) in [5.74, 6) is -0.567. The zero-order chi connectivity index (χ0) is 17.0. The van der Waals surface area contributed by atoms with Gasteiger partial charge >= 0.3 is 5.97 Å². The smallest absolute Gasteiger partial charge is 0.305 e. The standard InChI is InChI=1S/C16H21N3O3S/c1-10-7-12(13-9-23-15(18-13)8-14(17)20)11(2)19(10)6-4-5-16(21)22-3/h7,9H,4-6,8H2,1-3H3,(H2,17,20). The topological polar surface area (TPSA) is 87.2 Å². The van der Waals surface area contributed by atoms with E-state index in [1.54, 1.807) is 0 Å². The third-order valence-electron chi connectivity index (χ3n) is 3.72. The fourth-order valence-corrected chi connectivity index (χ4v) is 3.36. The van der Waals surface area contributed by atoms with Crippen LogP contribution in [0.25, 0.3) is 11.3 Å². The molecule has 0 saturated heterocycles. The van der Waals surface area contributed by atoms with E-state index in [0.717, 1.165) is 40.6 Å². The highest BCUT2D eigenvalue weighted by Crippen LogP contribution is 2.28. The predicted molar refractivity (Wildman–Crippen MR) is 89.2 cm³/mol. The highest BCUT2D eigenvalue weighted by Gasteiger charge is 2.14. The lowest BCUT2D eigenvalue weighted by Gasteiger charge is -2.09. The molecule has 0 aliphatic rings. The van der Waals surface area contributed by atoms with Crippen LogP contribution in [0.3, 0.4) is 0 Å². The minimum absolute atomic E-state index is 0.169. The first kappa shape index (κ1) is 17.2. The lowest BCUT2D eigenvalue weighted by atomic mass is 10.2. The van der Waals surface area contributed by atoms with Crippen LogP contribution in [-0.2, 0) is 27.3 Å². The number of nitrogens with zero attached hydrogens (tertiary/aromatic N) is 2. The van der Waals surface area contributed by atoms with Crippen LogP contribution in [0.5, 0.6) is 0 Å². The van der Waals surface area contributed by atoms with Crippen LogP contribution in [0.4, 0.5) is 0 Å². The molecule has 0 fully saturated rings. The van der Waals surface area contributed by atoms with Crippen molar-refractivity contribution in [1.82, 2.24) is 9.55 Å². The third-order valence-corrected chi connectivity index (χ3v) is 4.57. The number of amides is 1. The Kier molecular flexibility index (Phi) is 5.54. The number of hydrogen-bond acceptors (Lipinski definition) is 5. The maximum atomic E-state index is 11.2. The van der Waals surface area contributed by atoms with Crippen molar-refractivity contribution in [2.24, 2.45) is 5.73 Å². The summed E-state index contributed by atoms with van der Waals surface area (Å²) in [6, 6.07) is 2.08. The lowest BCUT2D eigenvalue weighted by Crippen LogP contribution is -2.13. The predicted octanol–water partition coefficient (Wildman–Crippen LogP) is 2.21. The van der Waals surface area contributed by atoms with E-state index in [1.165, 1.54) is 18.4 Å². The summed E-state index contributed by atoms with van der Waals surface area (Å²) in [5, 5.41) is 2.67. The van der Waals surface area contributed by atoms with E-state index < -0.39 is 0 Å². The summed E-state index contributed by atoms with van der Waals surface area (Å²) in [5.41, 5.74) is 9.33. The van der Waals surface area contributed by atoms with Crippen molar-refractivity contribution < 1.29 is 14.3 Å². The van der Waals surface area contributed by atoms with Gasteiger partial charge in [0.25, 0.3) is 0 Å². The number of carbonyl (C=O) groups excluding carboxylic acids is 2. The van der Waals surface area contributed by atoms with Crippen LogP contribution in [0.15, 0.2) is 11.4 Å². The van der Waals surface area contributed by atoms with E-state index in [0.29, 0.717) is 6.42 Å². The van der Waals surface area contributed by atoms with Crippen molar-refractivity contribution in [3.63, 3.8) is 0 Å². The summed E-state index contributed by atoms with van der Waals surface area (Å²) in [4.78, 5) is 26.7. The first-order chi connectivity index (χ1) is 10.9. The van der Waals surface area contributed by atoms with Crippen molar-refractivity contribution in [3.05, 3.63) is 27.8 Å². The molecule has 0 aliphatic heterocycles. The molecule has 124 valence electrons. The molecule has 0 radical (unpaired) electrons.